The van der Waals surface area contributed by atoms with Crippen molar-refractivity contribution in [1.29, 1.82) is 0 Å². The van der Waals surface area contributed by atoms with E-state index in [1.165, 1.54) is 0 Å². The highest BCUT2D eigenvalue weighted by Crippen LogP contribution is 2.19. The lowest BCUT2D eigenvalue weighted by atomic mass is 10.2. The standard InChI is InChI=1S/C12H15BrN2O2S2/c1-15(11-5-6-19(16,17)8-11)12(18)14-10-4-2-3-9(13)7-10/h2-4,7,11H,5-6,8H2,1H3,(H,14,18)/t11-/m1/s1. The summed E-state index contributed by atoms with van der Waals surface area (Å²) in [5.41, 5.74) is 0.882. The van der Waals surface area contributed by atoms with Gasteiger partial charge in [0.25, 0.3) is 0 Å². The van der Waals surface area contributed by atoms with Crippen LogP contribution in [0.15, 0.2) is 28.7 Å². The molecule has 1 aromatic rings. The average Bonchev–Trinajstić information content (AvgIpc) is 2.68. The molecule has 1 fully saturated rings. The number of nitrogens with one attached hydrogen (secondary N) is 1. The molecule has 0 aliphatic carbocycles. The van der Waals surface area contributed by atoms with Gasteiger partial charge in [-0.05, 0) is 36.8 Å². The predicted molar refractivity (Wildman–Crippen MR) is 85.2 cm³/mol. The van der Waals surface area contributed by atoms with Crippen LogP contribution in [-0.2, 0) is 9.84 Å². The van der Waals surface area contributed by atoms with Crippen molar-refractivity contribution in [1.82, 2.24) is 4.90 Å². The van der Waals surface area contributed by atoms with Crippen LogP contribution >= 0.6 is 28.1 Å². The Bertz CT molecular complexity index is 589. The molecule has 19 heavy (non-hydrogen) atoms. The molecule has 0 saturated carbocycles. The number of sulfone groups is 1. The van der Waals surface area contributed by atoms with E-state index in [1.807, 2.05) is 36.2 Å². The average molecular weight is 363 g/mol. The first-order valence-corrected chi connectivity index (χ1v) is 8.89. The fraction of sp³-hybridized carbons (Fsp3) is 0.417. The maximum absolute atomic E-state index is 11.5. The minimum Gasteiger partial charge on any atom is -0.348 e. The molecule has 1 aliphatic heterocycles. The van der Waals surface area contributed by atoms with Gasteiger partial charge in [0.15, 0.2) is 14.9 Å². The third-order valence-electron chi connectivity index (χ3n) is 3.15. The molecule has 1 aromatic carbocycles. The smallest absolute Gasteiger partial charge is 0.173 e. The van der Waals surface area contributed by atoms with Gasteiger partial charge in [-0.1, -0.05) is 22.0 Å². The Labute approximate surface area is 127 Å². The maximum Gasteiger partial charge on any atom is 0.173 e. The lowest BCUT2D eigenvalue weighted by Gasteiger charge is -2.26. The minimum atomic E-state index is -2.89. The van der Waals surface area contributed by atoms with Gasteiger partial charge in [0.1, 0.15) is 0 Å². The third-order valence-corrected chi connectivity index (χ3v) is 5.79. The SMILES string of the molecule is CN(C(=S)Nc1cccc(Br)c1)[C@@H]1CCS(=O)(=O)C1. The van der Waals surface area contributed by atoms with E-state index in [4.69, 9.17) is 12.2 Å². The predicted octanol–water partition coefficient (Wildman–Crippen LogP) is 2.26. The van der Waals surface area contributed by atoms with Crippen LogP contribution in [0.5, 0.6) is 0 Å². The monoisotopic (exact) mass is 362 g/mol. The quantitative estimate of drug-likeness (QED) is 0.817. The Kier molecular flexibility index (Phi) is 4.47. The van der Waals surface area contributed by atoms with Gasteiger partial charge in [-0.25, -0.2) is 8.42 Å². The lowest BCUT2D eigenvalue weighted by molar-refractivity contribution is 0.402. The van der Waals surface area contributed by atoms with Crippen LogP contribution in [0.3, 0.4) is 0 Å². The van der Waals surface area contributed by atoms with Crippen LogP contribution < -0.4 is 5.32 Å². The highest BCUT2D eigenvalue weighted by Gasteiger charge is 2.31. The summed E-state index contributed by atoms with van der Waals surface area (Å²) in [5, 5.41) is 3.66. The molecule has 0 radical (unpaired) electrons. The van der Waals surface area contributed by atoms with Gasteiger partial charge in [0.2, 0.25) is 0 Å². The minimum absolute atomic E-state index is 0.0304. The lowest BCUT2D eigenvalue weighted by Crippen LogP contribution is -2.40. The second kappa shape index (κ2) is 5.76. The van der Waals surface area contributed by atoms with E-state index < -0.39 is 9.84 Å². The van der Waals surface area contributed by atoms with Gasteiger partial charge in [0, 0.05) is 23.2 Å². The molecule has 0 spiro atoms. The summed E-state index contributed by atoms with van der Waals surface area (Å²) < 4.78 is 23.9. The molecule has 1 atom stereocenters. The fourth-order valence-electron chi connectivity index (χ4n) is 2.02. The molecule has 7 heteroatoms. The van der Waals surface area contributed by atoms with Gasteiger partial charge < -0.3 is 10.2 Å². The molecule has 0 aromatic heterocycles. The number of rotatable bonds is 2. The van der Waals surface area contributed by atoms with Crippen molar-refractivity contribution in [2.75, 3.05) is 23.9 Å². The zero-order valence-corrected chi connectivity index (χ0v) is 13.7. The molecule has 0 amide bonds. The Hall–Kier alpha value is -0.660. The van der Waals surface area contributed by atoms with Crippen molar-refractivity contribution in [3.63, 3.8) is 0 Å². The molecule has 1 aliphatic rings. The molecule has 0 bridgehead atoms. The summed E-state index contributed by atoms with van der Waals surface area (Å²) in [6.07, 6.45) is 0.638. The third kappa shape index (κ3) is 3.90. The van der Waals surface area contributed by atoms with Crippen molar-refractivity contribution in [3.8, 4) is 0 Å². The number of nitrogens with zero attached hydrogens (tertiary/aromatic N) is 1. The highest BCUT2D eigenvalue weighted by molar-refractivity contribution is 9.10. The summed E-state index contributed by atoms with van der Waals surface area (Å²) >= 11 is 8.71. The Morgan fingerprint density at radius 3 is 2.84 bits per heavy atom. The van der Waals surface area contributed by atoms with E-state index in [0.29, 0.717) is 11.5 Å². The van der Waals surface area contributed by atoms with Gasteiger partial charge in [-0.3, -0.25) is 0 Å². The summed E-state index contributed by atoms with van der Waals surface area (Å²) in [6, 6.07) is 7.65. The van der Waals surface area contributed by atoms with E-state index in [9.17, 15) is 8.42 Å². The number of anilines is 1. The number of hydrogen-bond acceptors (Lipinski definition) is 3. The first-order chi connectivity index (χ1) is 8.87. The van der Waals surface area contributed by atoms with Crippen LogP contribution in [0.25, 0.3) is 0 Å². The molecule has 1 N–H and O–H groups in total. The summed E-state index contributed by atoms with van der Waals surface area (Å²) in [6.45, 7) is 0. The van der Waals surface area contributed by atoms with Crippen molar-refractivity contribution in [2.45, 2.75) is 12.5 Å². The van der Waals surface area contributed by atoms with Crippen LogP contribution in [0.1, 0.15) is 6.42 Å². The number of benzene rings is 1. The first kappa shape index (κ1) is 14.7. The molecular formula is C12H15BrN2O2S2. The highest BCUT2D eigenvalue weighted by atomic mass is 79.9. The summed E-state index contributed by atoms with van der Waals surface area (Å²) in [4.78, 5) is 1.83. The zero-order chi connectivity index (χ0) is 14.0. The van der Waals surface area contributed by atoms with Crippen LogP contribution in [0.2, 0.25) is 0 Å². The Balaban J connectivity index is 2.00. The number of hydrogen-bond donors (Lipinski definition) is 1. The van der Waals surface area contributed by atoms with Crippen LogP contribution in [0, 0.1) is 0 Å². The van der Waals surface area contributed by atoms with Gasteiger partial charge in [-0.2, -0.15) is 0 Å². The van der Waals surface area contributed by atoms with Gasteiger partial charge in [-0.15, -0.1) is 0 Å². The Morgan fingerprint density at radius 1 is 1.53 bits per heavy atom. The molecule has 2 rings (SSSR count). The van der Waals surface area contributed by atoms with Gasteiger partial charge >= 0.3 is 0 Å². The molecule has 1 heterocycles. The number of halogens is 1. The van der Waals surface area contributed by atoms with E-state index >= 15 is 0 Å². The van der Waals surface area contributed by atoms with Gasteiger partial charge in [0.05, 0.1) is 11.5 Å². The van der Waals surface area contributed by atoms with Crippen molar-refractivity contribution in [2.24, 2.45) is 0 Å². The van der Waals surface area contributed by atoms with Crippen molar-refractivity contribution < 1.29 is 8.42 Å². The Morgan fingerprint density at radius 2 is 2.26 bits per heavy atom. The van der Waals surface area contributed by atoms with Crippen molar-refractivity contribution >= 4 is 48.8 Å². The van der Waals surface area contributed by atoms with E-state index in [2.05, 4.69) is 21.2 Å². The topological polar surface area (TPSA) is 49.4 Å². The van der Waals surface area contributed by atoms with E-state index in [0.717, 1.165) is 10.2 Å². The zero-order valence-electron chi connectivity index (χ0n) is 10.5. The maximum atomic E-state index is 11.5. The van der Waals surface area contributed by atoms with Crippen LogP contribution in [-0.4, -0.2) is 43.0 Å². The molecule has 1 saturated heterocycles. The summed E-state index contributed by atoms with van der Waals surface area (Å²) in [5.74, 6) is 0.436. The largest absolute Gasteiger partial charge is 0.348 e. The van der Waals surface area contributed by atoms with E-state index in [-0.39, 0.29) is 17.5 Å². The second-order valence-electron chi connectivity index (χ2n) is 4.61. The normalized spacial score (nSPS) is 21.1. The van der Waals surface area contributed by atoms with Crippen LogP contribution in [0.4, 0.5) is 5.69 Å². The second-order valence-corrected chi connectivity index (χ2v) is 8.14. The van der Waals surface area contributed by atoms with E-state index in [1.54, 1.807) is 0 Å². The molecule has 0 unspecified atom stereocenters. The molecular weight excluding hydrogens is 348 g/mol. The molecule has 104 valence electrons. The molecule has 4 nitrogen and oxygen atoms in total. The number of thiocarbonyl (C=S) groups is 1. The fourth-order valence-corrected chi connectivity index (χ4v) is 4.47. The summed E-state index contributed by atoms with van der Waals surface area (Å²) in [7, 11) is -1.06. The first-order valence-electron chi connectivity index (χ1n) is 5.87. The van der Waals surface area contributed by atoms with Crippen molar-refractivity contribution in [3.05, 3.63) is 28.7 Å².